The molecule has 0 aliphatic carbocycles. The van der Waals surface area contributed by atoms with Crippen LogP contribution in [0.2, 0.25) is 0 Å². The molecule has 124 valence electrons. The second-order valence-corrected chi connectivity index (χ2v) is 6.57. The third-order valence-corrected chi connectivity index (χ3v) is 4.97. The molecule has 0 radical (unpaired) electrons. The third kappa shape index (κ3) is 3.57. The average molecular weight is 340 g/mol. The van der Waals surface area contributed by atoms with Crippen LogP contribution in [0.25, 0.3) is 10.9 Å². The van der Waals surface area contributed by atoms with E-state index in [0.29, 0.717) is 12.3 Å². The van der Waals surface area contributed by atoms with Crippen LogP contribution in [-0.2, 0) is 11.3 Å². The van der Waals surface area contributed by atoms with Crippen LogP contribution in [0.3, 0.4) is 0 Å². The van der Waals surface area contributed by atoms with Crippen molar-refractivity contribution in [3.8, 4) is 5.75 Å². The van der Waals surface area contributed by atoms with Crippen LogP contribution >= 0.6 is 11.8 Å². The van der Waals surface area contributed by atoms with Crippen molar-refractivity contribution < 1.29 is 9.53 Å². The minimum atomic E-state index is 0.0937. The van der Waals surface area contributed by atoms with Gasteiger partial charge in [0.2, 0.25) is 5.91 Å². The molecule has 1 N–H and O–H groups in total. The topological polar surface area (TPSA) is 45.3 Å². The quantitative estimate of drug-likeness (QED) is 0.692. The van der Waals surface area contributed by atoms with Crippen molar-refractivity contribution in [2.24, 2.45) is 0 Å². The monoisotopic (exact) mass is 340 g/mol. The van der Waals surface area contributed by atoms with E-state index in [0.717, 1.165) is 27.1 Å². The Balaban J connectivity index is 1.62. The van der Waals surface area contributed by atoms with E-state index in [1.54, 1.807) is 23.8 Å². The van der Waals surface area contributed by atoms with Crippen molar-refractivity contribution in [3.05, 3.63) is 60.3 Å². The Morgan fingerprint density at radius 2 is 1.92 bits per heavy atom. The zero-order valence-corrected chi connectivity index (χ0v) is 14.6. The highest BCUT2D eigenvalue weighted by atomic mass is 32.2. The van der Waals surface area contributed by atoms with E-state index in [2.05, 4.69) is 11.1 Å². The van der Waals surface area contributed by atoms with Gasteiger partial charge in [0, 0.05) is 41.2 Å². The van der Waals surface area contributed by atoms with Gasteiger partial charge in [-0.3, -0.25) is 4.79 Å². The lowest BCUT2D eigenvalue weighted by atomic mass is 10.2. The highest BCUT2D eigenvalue weighted by Gasteiger charge is 2.13. The number of carbonyl (C=O) groups excluding carboxylic acids is 1. The van der Waals surface area contributed by atoms with Crippen LogP contribution in [0.5, 0.6) is 5.75 Å². The molecule has 0 aliphatic heterocycles. The average Bonchev–Trinajstić information content (AvgIpc) is 3.03. The summed E-state index contributed by atoms with van der Waals surface area (Å²) in [5, 5.41) is 1.16. The number of amides is 1. The fourth-order valence-corrected chi connectivity index (χ4v) is 3.57. The molecule has 3 rings (SSSR count). The summed E-state index contributed by atoms with van der Waals surface area (Å²) < 4.78 is 5.35. The summed E-state index contributed by atoms with van der Waals surface area (Å²) in [6.45, 7) is 0.539. The summed E-state index contributed by atoms with van der Waals surface area (Å²) in [5.41, 5.74) is 2.10. The smallest absolute Gasteiger partial charge is 0.232 e. The molecule has 4 nitrogen and oxygen atoms in total. The number of rotatable bonds is 6. The summed E-state index contributed by atoms with van der Waals surface area (Å²) in [7, 11) is 3.47. The zero-order valence-electron chi connectivity index (χ0n) is 13.8. The summed E-state index contributed by atoms with van der Waals surface area (Å²) in [6, 6.07) is 15.9. The second-order valence-electron chi connectivity index (χ2n) is 5.55. The number of nitrogens with one attached hydrogen (secondary N) is 1. The number of aromatic nitrogens is 1. The van der Waals surface area contributed by atoms with Crippen molar-refractivity contribution in [1.29, 1.82) is 0 Å². The van der Waals surface area contributed by atoms with Gasteiger partial charge in [0.1, 0.15) is 5.75 Å². The Bertz CT molecular complexity index is 844. The van der Waals surface area contributed by atoms with E-state index < -0.39 is 0 Å². The first-order valence-electron chi connectivity index (χ1n) is 7.74. The van der Waals surface area contributed by atoms with Crippen molar-refractivity contribution >= 4 is 28.6 Å². The molecule has 0 spiro atoms. The number of benzene rings is 2. The van der Waals surface area contributed by atoms with Crippen molar-refractivity contribution in [1.82, 2.24) is 9.88 Å². The molecule has 0 fully saturated rings. The molecule has 1 amide bonds. The molecule has 1 heterocycles. The minimum absolute atomic E-state index is 0.0937. The van der Waals surface area contributed by atoms with Gasteiger partial charge in [0.25, 0.3) is 0 Å². The van der Waals surface area contributed by atoms with Crippen molar-refractivity contribution in [2.75, 3.05) is 19.9 Å². The summed E-state index contributed by atoms with van der Waals surface area (Å²) in [5.74, 6) is 1.31. The van der Waals surface area contributed by atoms with E-state index in [4.69, 9.17) is 4.74 Å². The number of hydrogen-bond donors (Lipinski definition) is 1. The number of hydrogen-bond acceptors (Lipinski definition) is 3. The highest BCUT2D eigenvalue weighted by molar-refractivity contribution is 8.00. The Hall–Kier alpha value is -2.40. The SMILES string of the molecule is COc1ccccc1CN(C)C(=O)CSc1c[nH]c2ccccc12. The number of para-hydroxylation sites is 2. The molecule has 0 unspecified atom stereocenters. The van der Waals surface area contributed by atoms with Gasteiger partial charge >= 0.3 is 0 Å². The van der Waals surface area contributed by atoms with Gasteiger partial charge in [-0.15, -0.1) is 11.8 Å². The molecular weight excluding hydrogens is 320 g/mol. The normalized spacial score (nSPS) is 10.8. The molecule has 1 aromatic heterocycles. The molecule has 2 aromatic carbocycles. The van der Waals surface area contributed by atoms with E-state index >= 15 is 0 Å². The largest absolute Gasteiger partial charge is 0.496 e. The maximum atomic E-state index is 12.4. The molecule has 0 aliphatic rings. The first kappa shape index (κ1) is 16.5. The van der Waals surface area contributed by atoms with Gasteiger partial charge in [-0.1, -0.05) is 36.4 Å². The molecule has 0 saturated carbocycles. The molecule has 0 atom stereocenters. The first-order chi connectivity index (χ1) is 11.7. The van der Waals surface area contributed by atoms with Crippen LogP contribution in [0.15, 0.2) is 59.6 Å². The third-order valence-electron chi connectivity index (χ3n) is 3.93. The molecular formula is C19H20N2O2S. The Kier molecular flexibility index (Phi) is 5.11. The Labute approximate surface area is 145 Å². The Morgan fingerprint density at radius 1 is 1.17 bits per heavy atom. The molecule has 24 heavy (non-hydrogen) atoms. The number of thioether (sulfide) groups is 1. The van der Waals surface area contributed by atoms with E-state index in [9.17, 15) is 4.79 Å². The van der Waals surface area contributed by atoms with Gasteiger partial charge in [0.15, 0.2) is 0 Å². The van der Waals surface area contributed by atoms with Crippen molar-refractivity contribution in [2.45, 2.75) is 11.4 Å². The van der Waals surface area contributed by atoms with E-state index in [-0.39, 0.29) is 5.91 Å². The van der Waals surface area contributed by atoms with Gasteiger partial charge in [-0.2, -0.15) is 0 Å². The predicted molar refractivity (Wildman–Crippen MR) is 98.5 cm³/mol. The number of carbonyl (C=O) groups is 1. The van der Waals surface area contributed by atoms with Crippen LogP contribution in [-0.4, -0.2) is 35.7 Å². The minimum Gasteiger partial charge on any atom is -0.496 e. The van der Waals surface area contributed by atoms with Crippen molar-refractivity contribution in [3.63, 3.8) is 0 Å². The maximum absolute atomic E-state index is 12.4. The standard InChI is InChI=1S/C19H20N2O2S/c1-21(12-14-7-3-6-10-17(14)23-2)19(22)13-24-18-11-20-16-9-5-4-8-15(16)18/h3-11,20H,12-13H2,1-2H3. The first-order valence-corrected chi connectivity index (χ1v) is 8.72. The number of fused-ring (bicyclic) bond motifs is 1. The van der Waals surface area contributed by atoms with Gasteiger partial charge < -0.3 is 14.6 Å². The molecule has 0 saturated heterocycles. The zero-order chi connectivity index (χ0) is 16.9. The highest BCUT2D eigenvalue weighted by Crippen LogP contribution is 2.28. The van der Waals surface area contributed by atoms with Crippen LogP contribution < -0.4 is 4.74 Å². The maximum Gasteiger partial charge on any atom is 0.232 e. The molecule has 5 heteroatoms. The summed E-state index contributed by atoms with van der Waals surface area (Å²) in [6.07, 6.45) is 1.96. The number of aromatic amines is 1. The Morgan fingerprint density at radius 3 is 2.75 bits per heavy atom. The number of H-pyrrole nitrogens is 1. The number of methoxy groups -OCH3 is 1. The molecule has 3 aromatic rings. The van der Waals surface area contributed by atoms with E-state index in [1.165, 1.54) is 0 Å². The van der Waals surface area contributed by atoms with Gasteiger partial charge in [-0.05, 0) is 12.1 Å². The van der Waals surface area contributed by atoms with E-state index in [1.807, 2.05) is 55.7 Å². The van der Waals surface area contributed by atoms with Gasteiger partial charge in [-0.25, -0.2) is 0 Å². The summed E-state index contributed by atoms with van der Waals surface area (Å²) in [4.78, 5) is 18.5. The molecule has 0 bridgehead atoms. The number of ether oxygens (including phenoxy) is 1. The van der Waals surface area contributed by atoms with Crippen LogP contribution in [0.1, 0.15) is 5.56 Å². The fourth-order valence-electron chi connectivity index (χ4n) is 2.59. The summed E-state index contributed by atoms with van der Waals surface area (Å²) >= 11 is 1.56. The lowest BCUT2D eigenvalue weighted by molar-refractivity contribution is -0.127. The lowest BCUT2D eigenvalue weighted by Gasteiger charge is -2.18. The lowest BCUT2D eigenvalue weighted by Crippen LogP contribution is -2.27. The van der Waals surface area contributed by atoms with Gasteiger partial charge in [0.05, 0.1) is 12.9 Å². The van der Waals surface area contributed by atoms with Crippen LogP contribution in [0.4, 0.5) is 0 Å². The second kappa shape index (κ2) is 7.45. The number of nitrogens with zero attached hydrogens (tertiary/aromatic N) is 1. The van der Waals surface area contributed by atoms with Crippen LogP contribution in [0, 0.1) is 0 Å². The predicted octanol–water partition coefficient (Wildman–Crippen LogP) is 3.93. The fraction of sp³-hybridized carbons (Fsp3) is 0.211.